The number of aromatic nitrogens is 2. The molecule has 1 aromatic carbocycles. The molecule has 0 saturated heterocycles. The van der Waals surface area contributed by atoms with Crippen LogP contribution in [0.25, 0.3) is 11.3 Å². The summed E-state index contributed by atoms with van der Waals surface area (Å²) in [5.41, 5.74) is 7.46. The summed E-state index contributed by atoms with van der Waals surface area (Å²) in [6, 6.07) is 5.45. The Balaban J connectivity index is 2.46. The Morgan fingerprint density at radius 3 is 2.56 bits per heavy atom. The third-order valence-electron chi connectivity index (χ3n) is 2.40. The average molecular weight is 223 g/mol. The molecule has 0 aliphatic carbocycles. The van der Waals surface area contributed by atoms with Gasteiger partial charge in [0.15, 0.2) is 11.6 Å². The molecule has 2 N–H and O–H groups in total. The van der Waals surface area contributed by atoms with Gasteiger partial charge in [0.05, 0.1) is 11.4 Å². The zero-order chi connectivity index (χ0) is 11.7. The van der Waals surface area contributed by atoms with Gasteiger partial charge >= 0.3 is 0 Å². The van der Waals surface area contributed by atoms with Crippen molar-refractivity contribution in [2.24, 2.45) is 12.8 Å². The minimum Gasteiger partial charge on any atom is -0.325 e. The van der Waals surface area contributed by atoms with Gasteiger partial charge in [-0.2, -0.15) is 5.10 Å². The van der Waals surface area contributed by atoms with Gasteiger partial charge in [0, 0.05) is 19.2 Å². The van der Waals surface area contributed by atoms with Crippen molar-refractivity contribution in [1.82, 2.24) is 9.78 Å². The average Bonchev–Trinajstić information content (AvgIpc) is 2.64. The van der Waals surface area contributed by atoms with Crippen molar-refractivity contribution in [3.8, 4) is 11.3 Å². The van der Waals surface area contributed by atoms with Crippen LogP contribution in [-0.2, 0) is 13.6 Å². The molecule has 0 amide bonds. The second kappa shape index (κ2) is 4.02. The molecule has 2 aromatic rings. The highest BCUT2D eigenvalue weighted by molar-refractivity contribution is 5.59. The van der Waals surface area contributed by atoms with Gasteiger partial charge in [0.2, 0.25) is 0 Å². The molecule has 0 aliphatic heterocycles. The van der Waals surface area contributed by atoms with Crippen LogP contribution in [0.5, 0.6) is 0 Å². The molecule has 0 saturated carbocycles. The smallest absolute Gasteiger partial charge is 0.159 e. The van der Waals surface area contributed by atoms with Crippen molar-refractivity contribution >= 4 is 0 Å². The highest BCUT2D eigenvalue weighted by Crippen LogP contribution is 2.20. The van der Waals surface area contributed by atoms with E-state index in [0.717, 1.165) is 17.8 Å². The summed E-state index contributed by atoms with van der Waals surface area (Å²) in [5, 5.41) is 4.17. The molecule has 0 atom stereocenters. The first kappa shape index (κ1) is 10.8. The van der Waals surface area contributed by atoms with Crippen LogP contribution in [-0.4, -0.2) is 9.78 Å². The first-order valence-corrected chi connectivity index (χ1v) is 4.80. The normalized spacial score (nSPS) is 10.8. The number of aryl methyl sites for hydroxylation is 1. The van der Waals surface area contributed by atoms with Gasteiger partial charge in [-0.05, 0) is 24.3 Å². The minimum atomic E-state index is -0.877. The topological polar surface area (TPSA) is 43.8 Å². The van der Waals surface area contributed by atoms with Gasteiger partial charge in [-0.3, -0.25) is 4.68 Å². The van der Waals surface area contributed by atoms with Crippen LogP contribution >= 0.6 is 0 Å². The SMILES string of the molecule is Cn1nc(-c2ccc(F)c(F)c2)cc1CN. The van der Waals surface area contributed by atoms with E-state index in [9.17, 15) is 8.78 Å². The predicted octanol–water partition coefficient (Wildman–Crippen LogP) is 1.82. The van der Waals surface area contributed by atoms with Crippen molar-refractivity contribution in [2.45, 2.75) is 6.54 Å². The van der Waals surface area contributed by atoms with E-state index in [1.54, 1.807) is 17.8 Å². The molecule has 1 aromatic heterocycles. The van der Waals surface area contributed by atoms with E-state index in [1.807, 2.05) is 0 Å². The van der Waals surface area contributed by atoms with Crippen LogP contribution in [0.3, 0.4) is 0 Å². The summed E-state index contributed by atoms with van der Waals surface area (Å²) in [7, 11) is 1.76. The highest BCUT2D eigenvalue weighted by atomic mass is 19.2. The number of nitrogens with zero attached hydrogens (tertiary/aromatic N) is 2. The lowest BCUT2D eigenvalue weighted by Gasteiger charge is -1.97. The van der Waals surface area contributed by atoms with Crippen molar-refractivity contribution in [2.75, 3.05) is 0 Å². The molecular weight excluding hydrogens is 212 g/mol. The van der Waals surface area contributed by atoms with E-state index in [1.165, 1.54) is 6.07 Å². The van der Waals surface area contributed by atoms with Gasteiger partial charge in [0.25, 0.3) is 0 Å². The van der Waals surface area contributed by atoms with Gasteiger partial charge in [0.1, 0.15) is 0 Å². The Morgan fingerprint density at radius 2 is 2.00 bits per heavy atom. The molecule has 0 spiro atoms. The number of benzene rings is 1. The van der Waals surface area contributed by atoms with Crippen LogP contribution in [0.4, 0.5) is 8.78 Å². The summed E-state index contributed by atoms with van der Waals surface area (Å²) < 4.78 is 27.4. The van der Waals surface area contributed by atoms with Gasteiger partial charge in [-0.1, -0.05) is 0 Å². The maximum Gasteiger partial charge on any atom is 0.159 e. The largest absolute Gasteiger partial charge is 0.325 e. The molecule has 0 radical (unpaired) electrons. The molecule has 1 heterocycles. The van der Waals surface area contributed by atoms with Gasteiger partial charge < -0.3 is 5.73 Å². The van der Waals surface area contributed by atoms with E-state index in [2.05, 4.69) is 5.10 Å². The van der Waals surface area contributed by atoms with Crippen LogP contribution in [0.1, 0.15) is 5.69 Å². The van der Waals surface area contributed by atoms with Crippen molar-refractivity contribution in [3.05, 3.63) is 41.6 Å². The molecule has 0 aliphatic rings. The molecule has 0 fully saturated rings. The third kappa shape index (κ3) is 1.81. The molecule has 5 heteroatoms. The Kier molecular flexibility index (Phi) is 2.70. The standard InChI is InChI=1S/C11H11F2N3/c1-16-8(6-14)5-11(15-16)7-2-3-9(12)10(13)4-7/h2-5H,6,14H2,1H3. The van der Waals surface area contributed by atoms with Crippen molar-refractivity contribution in [3.63, 3.8) is 0 Å². The van der Waals surface area contributed by atoms with Crippen LogP contribution in [0.2, 0.25) is 0 Å². The molecule has 0 unspecified atom stereocenters. The van der Waals surface area contributed by atoms with Crippen LogP contribution in [0, 0.1) is 11.6 Å². The number of hydrogen-bond donors (Lipinski definition) is 1. The second-order valence-electron chi connectivity index (χ2n) is 3.48. The van der Waals surface area contributed by atoms with E-state index in [0.29, 0.717) is 17.8 Å². The lowest BCUT2D eigenvalue weighted by atomic mass is 10.1. The molecule has 84 valence electrons. The Morgan fingerprint density at radius 1 is 1.25 bits per heavy atom. The zero-order valence-electron chi connectivity index (χ0n) is 8.74. The number of halogens is 2. The number of hydrogen-bond acceptors (Lipinski definition) is 2. The number of rotatable bonds is 2. The van der Waals surface area contributed by atoms with Crippen molar-refractivity contribution < 1.29 is 8.78 Å². The first-order valence-electron chi connectivity index (χ1n) is 4.80. The highest BCUT2D eigenvalue weighted by Gasteiger charge is 2.08. The fraction of sp³-hybridized carbons (Fsp3) is 0.182. The first-order chi connectivity index (χ1) is 7.61. The molecule has 2 rings (SSSR count). The molecular formula is C11H11F2N3. The zero-order valence-corrected chi connectivity index (χ0v) is 8.74. The Hall–Kier alpha value is -1.75. The predicted molar refractivity (Wildman–Crippen MR) is 56.5 cm³/mol. The molecule has 3 nitrogen and oxygen atoms in total. The fourth-order valence-corrected chi connectivity index (χ4v) is 1.49. The van der Waals surface area contributed by atoms with Crippen LogP contribution in [0.15, 0.2) is 24.3 Å². The van der Waals surface area contributed by atoms with Gasteiger partial charge in [-0.25, -0.2) is 8.78 Å². The summed E-state index contributed by atoms with van der Waals surface area (Å²) in [4.78, 5) is 0. The lowest BCUT2D eigenvalue weighted by Crippen LogP contribution is -2.03. The monoisotopic (exact) mass is 223 g/mol. The Labute approximate surface area is 91.5 Å². The summed E-state index contributed by atoms with van der Waals surface area (Å²) >= 11 is 0. The summed E-state index contributed by atoms with van der Waals surface area (Å²) in [6.45, 7) is 0.354. The molecule has 0 bridgehead atoms. The van der Waals surface area contributed by atoms with Crippen LogP contribution < -0.4 is 5.73 Å². The number of nitrogens with two attached hydrogens (primary N) is 1. The second-order valence-corrected chi connectivity index (χ2v) is 3.48. The lowest BCUT2D eigenvalue weighted by molar-refractivity contribution is 0.509. The third-order valence-corrected chi connectivity index (χ3v) is 2.40. The summed E-state index contributed by atoms with van der Waals surface area (Å²) in [6.07, 6.45) is 0. The van der Waals surface area contributed by atoms with Crippen molar-refractivity contribution in [1.29, 1.82) is 0 Å². The Bertz CT molecular complexity index is 520. The van der Waals surface area contributed by atoms with E-state index in [-0.39, 0.29) is 0 Å². The van der Waals surface area contributed by atoms with E-state index in [4.69, 9.17) is 5.73 Å². The van der Waals surface area contributed by atoms with E-state index < -0.39 is 11.6 Å². The molecule has 16 heavy (non-hydrogen) atoms. The minimum absolute atomic E-state index is 0.354. The van der Waals surface area contributed by atoms with E-state index >= 15 is 0 Å². The fourth-order valence-electron chi connectivity index (χ4n) is 1.49. The maximum atomic E-state index is 13.0. The summed E-state index contributed by atoms with van der Waals surface area (Å²) in [5.74, 6) is -1.74. The maximum absolute atomic E-state index is 13.0. The van der Waals surface area contributed by atoms with Gasteiger partial charge in [-0.15, -0.1) is 0 Å². The quantitative estimate of drug-likeness (QED) is 0.844.